The fourth-order valence-electron chi connectivity index (χ4n) is 1.36. The Hall–Kier alpha value is -1.19. The lowest BCUT2D eigenvalue weighted by Gasteiger charge is -2.00. The number of halogens is 2. The van der Waals surface area contributed by atoms with Gasteiger partial charge in [0, 0.05) is 13.5 Å². The van der Waals surface area contributed by atoms with E-state index in [0.29, 0.717) is 22.5 Å². The van der Waals surface area contributed by atoms with Gasteiger partial charge in [-0.25, -0.2) is 4.98 Å². The van der Waals surface area contributed by atoms with Gasteiger partial charge in [0.05, 0.1) is 16.2 Å². The Labute approximate surface area is 103 Å². The smallest absolute Gasteiger partial charge is 0.294 e. The quantitative estimate of drug-likeness (QED) is 0.912. The van der Waals surface area contributed by atoms with Crippen LogP contribution in [0.2, 0.25) is 10.0 Å². The average Bonchev–Trinajstić information content (AvgIpc) is 2.71. The van der Waals surface area contributed by atoms with Crippen LogP contribution in [0.15, 0.2) is 28.8 Å². The van der Waals surface area contributed by atoms with Crippen LogP contribution >= 0.6 is 23.2 Å². The Morgan fingerprint density at radius 3 is 2.75 bits per heavy atom. The van der Waals surface area contributed by atoms with Crippen LogP contribution in [0.25, 0.3) is 0 Å². The zero-order valence-corrected chi connectivity index (χ0v) is 10.1. The van der Waals surface area contributed by atoms with Crippen molar-refractivity contribution >= 4 is 29.2 Å². The van der Waals surface area contributed by atoms with Crippen LogP contribution in [0, 0.1) is 0 Å². The highest BCUT2D eigenvalue weighted by Crippen LogP contribution is 2.24. The number of benzene rings is 1. The first-order valence-corrected chi connectivity index (χ1v) is 5.51. The molecular weight excluding hydrogens is 247 g/mol. The molecule has 0 amide bonds. The first-order valence-electron chi connectivity index (χ1n) is 4.75. The maximum absolute atomic E-state index is 5.92. The third kappa shape index (κ3) is 2.49. The van der Waals surface area contributed by atoms with Gasteiger partial charge < -0.3 is 9.73 Å². The molecule has 0 saturated heterocycles. The summed E-state index contributed by atoms with van der Waals surface area (Å²) in [5.74, 6) is 0.780. The molecule has 1 aromatic carbocycles. The molecule has 1 N–H and O–H groups in total. The van der Waals surface area contributed by atoms with Crippen LogP contribution in [0.1, 0.15) is 11.3 Å². The van der Waals surface area contributed by atoms with Gasteiger partial charge in [-0.15, -0.1) is 0 Å². The maximum Gasteiger partial charge on any atom is 0.294 e. The topological polar surface area (TPSA) is 38.1 Å². The van der Waals surface area contributed by atoms with E-state index in [1.165, 1.54) is 0 Å². The molecule has 0 saturated carbocycles. The van der Waals surface area contributed by atoms with Crippen molar-refractivity contribution in [3.63, 3.8) is 0 Å². The van der Waals surface area contributed by atoms with Gasteiger partial charge in [-0.3, -0.25) is 0 Å². The van der Waals surface area contributed by atoms with Crippen molar-refractivity contribution in [2.24, 2.45) is 0 Å². The summed E-state index contributed by atoms with van der Waals surface area (Å²) in [6.45, 7) is 0. The minimum Gasteiger partial charge on any atom is -0.428 e. The van der Waals surface area contributed by atoms with E-state index in [0.717, 1.165) is 11.3 Å². The number of anilines is 1. The molecule has 84 valence electrons. The molecular formula is C11H10Cl2N2O. The molecule has 0 fully saturated rings. The van der Waals surface area contributed by atoms with Gasteiger partial charge in [-0.05, 0) is 17.7 Å². The van der Waals surface area contributed by atoms with E-state index in [-0.39, 0.29) is 0 Å². The third-order valence-corrected chi connectivity index (χ3v) is 2.87. The molecule has 5 heteroatoms. The van der Waals surface area contributed by atoms with Crippen molar-refractivity contribution in [1.29, 1.82) is 0 Å². The van der Waals surface area contributed by atoms with Crippen LogP contribution in [-0.2, 0) is 6.42 Å². The molecule has 0 atom stereocenters. The lowest BCUT2D eigenvalue weighted by atomic mass is 10.1. The summed E-state index contributed by atoms with van der Waals surface area (Å²) in [4.78, 5) is 4.03. The largest absolute Gasteiger partial charge is 0.428 e. The van der Waals surface area contributed by atoms with E-state index in [9.17, 15) is 0 Å². The summed E-state index contributed by atoms with van der Waals surface area (Å²) < 4.78 is 5.41. The second kappa shape index (κ2) is 4.76. The van der Waals surface area contributed by atoms with Gasteiger partial charge in [0.1, 0.15) is 5.76 Å². The summed E-state index contributed by atoms with van der Waals surface area (Å²) in [6.07, 6.45) is 2.33. The van der Waals surface area contributed by atoms with Crippen LogP contribution < -0.4 is 5.32 Å². The molecule has 1 heterocycles. The predicted octanol–water partition coefficient (Wildman–Crippen LogP) is 3.61. The zero-order valence-electron chi connectivity index (χ0n) is 8.63. The summed E-state index contributed by atoms with van der Waals surface area (Å²) in [5, 5.41) is 3.93. The van der Waals surface area contributed by atoms with Crippen LogP contribution in [0.5, 0.6) is 0 Å². The normalized spacial score (nSPS) is 10.4. The molecule has 1 aromatic heterocycles. The molecule has 0 bridgehead atoms. The van der Waals surface area contributed by atoms with Gasteiger partial charge in [-0.2, -0.15) is 0 Å². The van der Waals surface area contributed by atoms with Crippen LogP contribution in [-0.4, -0.2) is 12.0 Å². The Kier molecular flexibility index (Phi) is 3.36. The van der Waals surface area contributed by atoms with Crippen molar-refractivity contribution in [2.75, 3.05) is 12.4 Å². The molecule has 2 rings (SSSR count). The minimum absolute atomic E-state index is 0.509. The van der Waals surface area contributed by atoms with Crippen molar-refractivity contribution in [1.82, 2.24) is 4.98 Å². The number of hydrogen-bond donors (Lipinski definition) is 1. The number of oxazole rings is 1. The molecule has 0 unspecified atom stereocenters. The highest BCUT2D eigenvalue weighted by Gasteiger charge is 2.05. The van der Waals surface area contributed by atoms with Gasteiger partial charge in [0.15, 0.2) is 0 Å². The van der Waals surface area contributed by atoms with Crippen LogP contribution in [0.3, 0.4) is 0 Å². The zero-order chi connectivity index (χ0) is 11.5. The summed E-state index contributed by atoms with van der Waals surface area (Å²) in [6, 6.07) is 6.02. The Balaban J connectivity index is 2.17. The molecule has 0 spiro atoms. The molecule has 16 heavy (non-hydrogen) atoms. The molecule has 0 aliphatic rings. The highest BCUT2D eigenvalue weighted by molar-refractivity contribution is 6.42. The highest BCUT2D eigenvalue weighted by atomic mass is 35.5. The Bertz CT molecular complexity index is 496. The number of nitrogens with zero attached hydrogens (tertiary/aromatic N) is 1. The number of rotatable bonds is 3. The summed E-state index contributed by atoms with van der Waals surface area (Å²) >= 11 is 11.8. The number of nitrogens with one attached hydrogen (secondary N) is 1. The van der Waals surface area contributed by atoms with Crippen molar-refractivity contribution < 1.29 is 4.42 Å². The fourth-order valence-corrected chi connectivity index (χ4v) is 1.68. The maximum atomic E-state index is 5.92. The van der Waals surface area contributed by atoms with Crippen LogP contribution in [0.4, 0.5) is 6.01 Å². The Morgan fingerprint density at radius 1 is 1.31 bits per heavy atom. The van der Waals surface area contributed by atoms with E-state index >= 15 is 0 Å². The van der Waals surface area contributed by atoms with E-state index in [4.69, 9.17) is 27.6 Å². The molecule has 0 aliphatic heterocycles. The summed E-state index contributed by atoms with van der Waals surface area (Å²) in [5.41, 5.74) is 1.04. The molecule has 2 aromatic rings. The second-order valence-electron chi connectivity index (χ2n) is 3.31. The van der Waals surface area contributed by atoms with Gasteiger partial charge in [-0.1, -0.05) is 29.3 Å². The molecule has 3 nitrogen and oxygen atoms in total. The monoisotopic (exact) mass is 256 g/mol. The third-order valence-electron chi connectivity index (χ3n) is 2.13. The second-order valence-corrected chi connectivity index (χ2v) is 4.12. The van der Waals surface area contributed by atoms with E-state index < -0.39 is 0 Å². The number of aromatic nitrogens is 1. The van der Waals surface area contributed by atoms with Gasteiger partial charge in [0.25, 0.3) is 6.01 Å². The molecule has 0 radical (unpaired) electrons. The van der Waals surface area contributed by atoms with Gasteiger partial charge >= 0.3 is 0 Å². The van der Waals surface area contributed by atoms with E-state index in [2.05, 4.69) is 10.3 Å². The average molecular weight is 257 g/mol. The predicted molar refractivity (Wildman–Crippen MR) is 65.3 cm³/mol. The SMILES string of the molecule is CNc1ncc(Cc2ccc(Cl)c(Cl)c2)o1. The fraction of sp³-hybridized carbons (Fsp3) is 0.182. The summed E-state index contributed by atoms with van der Waals surface area (Å²) in [7, 11) is 1.76. The van der Waals surface area contributed by atoms with E-state index in [1.807, 2.05) is 12.1 Å². The van der Waals surface area contributed by atoms with Gasteiger partial charge in [0.2, 0.25) is 0 Å². The van der Waals surface area contributed by atoms with Crippen molar-refractivity contribution in [3.05, 3.63) is 45.8 Å². The lowest BCUT2D eigenvalue weighted by Crippen LogP contribution is -1.87. The molecule has 0 aliphatic carbocycles. The van der Waals surface area contributed by atoms with Crippen molar-refractivity contribution in [2.45, 2.75) is 6.42 Å². The minimum atomic E-state index is 0.509. The first kappa shape index (κ1) is 11.3. The first-order chi connectivity index (χ1) is 7.69. The lowest BCUT2D eigenvalue weighted by molar-refractivity contribution is 0.530. The Morgan fingerprint density at radius 2 is 2.12 bits per heavy atom. The number of hydrogen-bond acceptors (Lipinski definition) is 3. The standard InChI is InChI=1S/C11H10Cl2N2O/c1-14-11-15-6-8(16-11)4-7-2-3-9(12)10(13)5-7/h2-3,5-6H,4H2,1H3,(H,14,15). The van der Waals surface area contributed by atoms with Crippen molar-refractivity contribution in [3.8, 4) is 0 Å². The van der Waals surface area contributed by atoms with E-state index in [1.54, 1.807) is 19.3 Å².